The van der Waals surface area contributed by atoms with Gasteiger partial charge < -0.3 is 14.4 Å². The van der Waals surface area contributed by atoms with Crippen molar-refractivity contribution in [1.29, 1.82) is 0 Å². The minimum absolute atomic E-state index is 0.0538. The molecule has 0 atom stereocenters. The van der Waals surface area contributed by atoms with E-state index in [0.717, 1.165) is 21.3 Å². The number of amides is 1. The molecule has 0 unspecified atom stereocenters. The van der Waals surface area contributed by atoms with Crippen molar-refractivity contribution in [1.82, 2.24) is 19.7 Å². The van der Waals surface area contributed by atoms with E-state index in [2.05, 4.69) is 20.4 Å². The molecule has 0 saturated heterocycles. The second-order valence-corrected chi connectivity index (χ2v) is 8.34. The van der Waals surface area contributed by atoms with E-state index in [-0.39, 0.29) is 5.91 Å². The van der Waals surface area contributed by atoms with Crippen LogP contribution in [0.1, 0.15) is 18.7 Å². The Kier molecular flexibility index (Phi) is 6.69. The minimum atomic E-state index is -0.0538. The maximum absolute atomic E-state index is 12.2. The first-order valence-electron chi connectivity index (χ1n) is 9.70. The van der Waals surface area contributed by atoms with Gasteiger partial charge in [0.2, 0.25) is 17.6 Å². The molecular formula is C22H20ClN5O2S. The van der Waals surface area contributed by atoms with Crippen LogP contribution in [0.25, 0.3) is 11.4 Å². The predicted octanol–water partition coefficient (Wildman–Crippen LogP) is 5.24. The van der Waals surface area contributed by atoms with Crippen molar-refractivity contribution >= 4 is 35.0 Å². The number of aromatic nitrogens is 4. The molecule has 0 radical (unpaired) electrons. The van der Waals surface area contributed by atoms with Gasteiger partial charge in [0.1, 0.15) is 0 Å². The van der Waals surface area contributed by atoms with Crippen LogP contribution in [0, 0.1) is 0 Å². The number of hydrogen-bond donors (Lipinski definition) is 1. The van der Waals surface area contributed by atoms with Gasteiger partial charge in [-0.15, -0.1) is 0 Å². The summed E-state index contributed by atoms with van der Waals surface area (Å²) in [5.74, 6) is 0.968. The maximum Gasteiger partial charge on any atom is 0.226 e. The lowest BCUT2D eigenvalue weighted by Gasteiger charge is -2.06. The smallest absolute Gasteiger partial charge is 0.226 e. The molecule has 0 fully saturated rings. The minimum Gasteiger partial charge on any atom is -0.339 e. The average Bonchev–Trinajstić information content (AvgIpc) is 3.39. The molecule has 2 aromatic carbocycles. The van der Waals surface area contributed by atoms with Crippen molar-refractivity contribution in [3.05, 3.63) is 71.8 Å². The molecule has 2 aromatic heterocycles. The molecule has 4 rings (SSSR count). The number of carbonyl (C=O) groups excluding carboxylic acids is 1. The Morgan fingerprint density at radius 3 is 2.65 bits per heavy atom. The van der Waals surface area contributed by atoms with E-state index in [1.807, 2.05) is 54.2 Å². The van der Waals surface area contributed by atoms with Gasteiger partial charge in [0, 0.05) is 53.5 Å². The van der Waals surface area contributed by atoms with Crippen LogP contribution in [0.2, 0.25) is 5.02 Å². The van der Waals surface area contributed by atoms with Gasteiger partial charge in [-0.3, -0.25) is 4.79 Å². The van der Waals surface area contributed by atoms with Crippen LogP contribution in [0.3, 0.4) is 0 Å². The molecule has 1 N–H and O–H groups in total. The second-order valence-electron chi connectivity index (χ2n) is 6.87. The molecule has 0 aliphatic rings. The Balaban J connectivity index is 1.23. The highest BCUT2D eigenvalue weighted by Gasteiger charge is 2.10. The topological polar surface area (TPSA) is 85.8 Å². The largest absolute Gasteiger partial charge is 0.339 e. The Morgan fingerprint density at radius 1 is 1.16 bits per heavy atom. The summed E-state index contributed by atoms with van der Waals surface area (Å²) in [5, 5.41) is 8.46. The first-order chi connectivity index (χ1) is 15.1. The van der Waals surface area contributed by atoms with E-state index in [0.29, 0.717) is 36.0 Å². The lowest BCUT2D eigenvalue weighted by molar-refractivity contribution is -0.116. The summed E-state index contributed by atoms with van der Waals surface area (Å²) in [6.07, 6.45) is 5.18. The quantitative estimate of drug-likeness (QED) is 0.393. The Hall–Kier alpha value is -3.10. The first kappa shape index (κ1) is 21.1. The van der Waals surface area contributed by atoms with Crippen molar-refractivity contribution in [3.63, 3.8) is 0 Å². The van der Waals surface area contributed by atoms with Gasteiger partial charge in [0.15, 0.2) is 5.16 Å². The fourth-order valence-corrected chi connectivity index (χ4v) is 3.79. The van der Waals surface area contributed by atoms with E-state index in [4.69, 9.17) is 16.1 Å². The van der Waals surface area contributed by atoms with E-state index in [1.165, 1.54) is 0 Å². The number of rotatable bonds is 8. The monoisotopic (exact) mass is 453 g/mol. The molecule has 0 aliphatic carbocycles. The molecule has 0 saturated carbocycles. The number of hydrogen-bond acceptors (Lipinski definition) is 6. The highest BCUT2D eigenvalue weighted by Crippen LogP contribution is 2.27. The highest BCUT2D eigenvalue weighted by atomic mass is 35.5. The number of nitrogens with one attached hydrogen (secondary N) is 1. The van der Waals surface area contributed by atoms with E-state index in [1.54, 1.807) is 30.1 Å². The van der Waals surface area contributed by atoms with E-state index < -0.39 is 0 Å². The van der Waals surface area contributed by atoms with Gasteiger partial charge in [-0.05, 0) is 55.0 Å². The van der Waals surface area contributed by atoms with E-state index >= 15 is 0 Å². The molecular weight excluding hydrogens is 434 g/mol. The normalized spacial score (nSPS) is 10.9. The Bertz CT molecular complexity index is 1160. The van der Waals surface area contributed by atoms with Crippen LogP contribution < -0.4 is 5.32 Å². The zero-order valence-corrected chi connectivity index (χ0v) is 18.4. The van der Waals surface area contributed by atoms with Crippen LogP contribution in [0.15, 0.2) is 75.5 Å². The summed E-state index contributed by atoms with van der Waals surface area (Å²) in [7, 11) is 1.96. The van der Waals surface area contributed by atoms with Crippen LogP contribution in [-0.2, 0) is 18.3 Å². The van der Waals surface area contributed by atoms with Gasteiger partial charge in [-0.25, -0.2) is 4.98 Å². The third kappa shape index (κ3) is 5.74. The fourth-order valence-electron chi connectivity index (χ4n) is 2.86. The summed E-state index contributed by atoms with van der Waals surface area (Å²) < 4.78 is 7.24. The van der Waals surface area contributed by atoms with Crippen molar-refractivity contribution in [2.75, 3.05) is 5.32 Å². The third-order valence-corrected chi connectivity index (χ3v) is 5.82. The average molecular weight is 454 g/mol. The van der Waals surface area contributed by atoms with E-state index in [9.17, 15) is 4.79 Å². The molecule has 2 heterocycles. The zero-order chi connectivity index (χ0) is 21.6. The summed E-state index contributed by atoms with van der Waals surface area (Å²) in [6, 6.07) is 14.9. The number of aryl methyl sites for hydroxylation is 2. The molecule has 0 spiro atoms. The molecule has 0 aliphatic heterocycles. The second kappa shape index (κ2) is 9.80. The van der Waals surface area contributed by atoms with Crippen molar-refractivity contribution in [3.8, 4) is 11.4 Å². The SMILES string of the molecule is Cn1ccnc1Sc1ccc(NC(=O)CCCc2nc(-c3ccc(Cl)cc3)no2)cc1. The molecule has 0 bridgehead atoms. The molecule has 7 nitrogen and oxygen atoms in total. The summed E-state index contributed by atoms with van der Waals surface area (Å²) >= 11 is 7.47. The number of nitrogens with zero attached hydrogens (tertiary/aromatic N) is 4. The number of imidazole rings is 1. The summed E-state index contributed by atoms with van der Waals surface area (Å²) in [5.41, 5.74) is 1.60. The van der Waals surface area contributed by atoms with Gasteiger partial charge in [0.05, 0.1) is 0 Å². The number of anilines is 1. The molecule has 4 aromatic rings. The summed E-state index contributed by atoms with van der Waals surface area (Å²) in [6.45, 7) is 0. The van der Waals surface area contributed by atoms with Crippen LogP contribution in [0.4, 0.5) is 5.69 Å². The first-order valence-corrected chi connectivity index (χ1v) is 10.9. The highest BCUT2D eigenvalue weighted by molar-refractivity contribution is 7.99. The van der Waals surface area contributed by atoms with Gasteiger partial charge >= 0.3 is 0 Å². The van der Waals surface area contributed by atoms with Crippen molar-refractivity contribution in [2.45, 2.75) is 29.3 Å². The fraction of sp³-hybridized carbons (Fsp3) is 0.182. The Labute approximate surface area is 188 Å². The molecule has 31 heavy (non-hydrogen) atoms. The van der Waals surface area contributed by atoms with Gasteiger partial charge in [-0.1, -0.05) is 28.5 Å². The molecule has 1 amide bonds. The standard InChI is InChI=1S/C22H20ClN5O2S/c1-28-14-13-24-22(28)31-18-11-9-17(10-12-18)25-19(29)3-2-4-20-26-21(27-30-20)15-5-7-16(23)8-6-15/h5-14H,2-4H2,1H3,(H,25,29). The lowest BCUT2D eigenvalue weighted by Crippen LogP contribution is -2.11. The molecule has 9 heteroatoms. The number of halogens is 1. The number of carbonyl (C=O) groups is 1. The van der Waals surface area contributed by atoms with Crippen LogP contribution in [0.5, 0.6) is 0 Å². The van der Waals surface area contributed by atoms with Gasteiger partial charge in [-0.2, -0.15) is 4.98 Å². The van der Waals surface area contributed by atoms with Crippen molar-refractivity contribution in [2.24, 2.45) is 7.05 Å². The Morgan fingerprint density at radius 2 is 1.94 bits per heavy atom. The summed E-state index contributed by atoms with van der Waals surface area (Å²) in [4.78, 5) is 22.0. The lowest BCUT2D eigenvalue weighted by atomic mass is 10.2. The third-order valence-electron chi connectivity index (χ3n) is 4.49. The van der Waals surface area contributed by atoms with Crippen LogP contribution in [-0.4, -0.2) is 25.6 Å². The predicted molar refractivity (Wildman–Crippen MR) is 120 cm³/mol. The maximum atomic E-state index is 12.2. The van der Waals surface area contributed by atoms with Crippen LogP contribution >= 0.6 is 23.4 Å². The van der Waals surface area contributed by atoms with Crippen molar-refractivity contribution < 1.29 is 9.32 Å². The van der Waals surface area contributed by atoms with Gasteiger partial charge in [0.25, 0.3) is 0 Å². The zero-order valence-electron chi connectivity index (χ0n) is 16.8. The number of benzene rings is 2. The molecule has 158 valence electrons.